The van der Waals surface area contributed by atoms with Gasteiger partial charge in [0.25, 0.3) is 20.2 Å². The van der Waals surface area contributed by atoms with Gasteiger partial charge in [0, 0.05) is 58.0 Å². The molecule has 3 rings (SSSR count). The molecule has 1 aliphatic heterocycles. The molecule has 2 heterocycles. The summed E-state index contributed by atoms with van der Waals surface area (Å²) >= 11 is 0. The summed E-state index contributed by atoms with van der Waals surface area (Å²) in [6.07, 6.45) is 1.87. The predicted octanol–water partition coefficient (Wildman–Crippen LogP) is -0.870. The highest BCUT2D eigenvalue weighted by molar-refractivity contribution is 7.88. The molecule has 0 amide bonds. The summed E-state index contributed by atoms with van der Waals surface area (Å²) in [5.41, 5.74) is 0.270. The number of nitrogens with zero attached hydrogens (tertiary/aromatic N) is 5. The Kier molecular flexibility index (Phi) is 11.6. The van der Waals surface area contributed by atoms with Gasteiger partial charge in [0.05, 0.1) is 16.9 Å². The molecule has 20 heteroatoms. The van der Waals surface area contributed by atoms with Crippen molar-refractivity contribution >= 4 is 53.8 Å². The summed E-state index contributed by atoms with van der Waals surface area (Å²) in [6, 6.07) is 5.38. The van der Waals surface area contributed by atoms with Crippen molar-refractivity contribution in [2.24, 2.45) is 0 Å². The fourth-order valence-corrected chi connectivity index (χ4v) is 5.27. The van der Waals surface area contributed by atoms with Crippen LogP contribution in [0, 0.1) is 0 Å². The molecule has 1 aromatic heterocycles. The van der Waals surface area contributed by atoms with Crippen molar-refractivity contribution < 1.29 is 34.4 Å². The quantitative estimate of drug-likeness (QED) is 0.0969. The van der Waals surface area contributed by atoms with Gasteiger partial charge in [0.15, 0.2) is 0 Å². The minimum atomic E-state index is -4.43. The highest BCUT2D eigenvalue weighted by Gasteiger charge is 2.17. The number of benzene rings is 1. The van der Waals surface area contributed by atoms with E-state index in [1.165, 1.54) is 18.2 Å². The van der Waals surface area contributed by atoms with Crippen molar-refractivity contribution in [3.63, 3.8) is 0 Å². The molecule has 0 bridgehead atoms. The molecule has 41 heavy (non-hydrogen) atoms. The summed E-state index contributed by atoms with van der Waals surface area (Å²) in [4.78, 5) is 16.9. The minimum absolute atomic E-state index is 0.0126. The molecule has 0 saturated carbocycles. The van der Waals surface area contributed by atoms with Crippen LogP contribution in [0.2, 0.25) is 0 Å². The number of piperazine rings is 1. The van der Waals surface area contributed by atoms with Gasteiger partial charge in [-0.3, -0.25) is 14.0 Å². The van der Waals surface area contributed by atoms with E-state index in [4.69, 9.17) is 4.55 Å². The second kappa shape index (κ2) is 14.4. The summed E-state index contributed by atoms with van der Waals surface area (Å²) in [5.74, 6) is -0.373. The zero-order chi connectivity index (χ0) is 30.1. The van der Waals surface area contributed by atoms with E-state index in [1.807, 2.05) is 0 Å². The lowest BCUT2D eigenvalue weighted by molar-refractivity contribution is 0.135. The van der Waals surface area contributed by atoms with Gasteiger partial charge < -0.3 is 20.9 Å². The molecule has 0 spiro atoms. The van der Waals surface area contributed by atoms with E-state index in [-0.39, 0.29) is 35.0 Å². The van der Waals surface area contributed by atoms with Gasteiger partial charge in [-0.25, -0.2) is 13.1 Å². The second-order valence-corrected chi connectivity index (χ2v) is 14.1. The first-order valence-electron chi connectivity index (χ1n) is 12.6. The van der Waals surface area contributed by atoms with Gasteiger partial charge in [0.1, 0.15) is 0 Å². The summed E-state index contributed by atoms with van der Waals surface area (Å²) < 4.78 is 88.2. The van der Waals surface area contributed by atoms with Crippen LogP contribution in [-0.2, 0) is 30.3 Å². The van der Waals surface area contributed by atoms with Gasteiger partial charge >= 0.3 is 0 Å². The maximum absolute atomic E-state index is 11.5. The molecule has 0 radical (unpaired) electrons. The van der Waals surface area contributed by atoms with Crippen molar-refractivity contribution in [3.05, 3.63) is 24.3 Å². The average Bonchev–Trinajstić information content (AvgIpc) is 2.86. The van der Waals surface area contributed by atoms with E-state index in [0.717, 1.165) is 45.4 Å². The molecule has 1 saturated heterocycles. The van der Waals surface area contributed by atoms with Crippen molar-refractivity contribution in [2.45, 2.75) is 11.3 Å². The predicted molar refractivity (Wildman–Crippen MR) is 153 cm³/mol. The fourth-order valence-electron chi connectivity index (χ4n) is 3.87. The normalized spacial score (nSPS) is 15.5. The first-order chi connectivity index (χ1) is 19.2. The van der Waals surface area contributed by atoms with Gasteiger partial charge in [0.2, 0.25) is 27.9 Å². The molecule has 1 aliphatic rings. The number of nitrogens with one attached hydrogen (secondary N) is 4. The largest absolute Gasteiger partial charge is 0.353 e. The van der Waals surface area contributed by atoms with E-state index < -0.39 is 36.0 Å². The number of rotatable bonds is 16. The lowest BCUT2D eigenvalue weighted by atomic mass is 10.3. The van der Waals surface area contributed by atoms with Crippen molar-refractivity contribution in [1.29, 1.82) is 0 Å². The lowest BCUT2D eigenvalue weighted by Crippen LogP contribution is -2.48. The van der Waals surface area contributed by atoms with Crippen LogP contribution in [-0.4, -0.2) is 130 Å². The van der Waals surface area contributed by atoms with Crippen LogP contribution in [0.15, 0.2) is 29.2 Å². The van der Waals surface area contributed by atoms with E-state index >= 15 is 0 Å². The Balaban J connectivity index is 1.57. The first kappa shape index (κ1) is 32.8. The molecule has 1 aromatic carbocycles. The molecule has 0 aliphatic carbocycles. The molecule has 230 valence electrons. The molecule has 17 nitrogen and oxygen atoms in total. The zero-order valence-electron chi connectivity index (χ0n) is 22.4. The molecule has 1 fully saturated rings. The number of anilines is 4. The lowest BCUT2D eigenvalue weighted by Gasteiger charge is -2.34. The fraction of sp³-hybridized carbons (Fsp3) is 0.571. The Hall–Kier alpha value is -2.72. The average molecular weight is 638 g/mol. The molecule has 2 aromatic rings. The Bertz CT molecular complexity index is 1480. The SMILES string of the molecule is CS(=O)(=O)NCCCN1CCN(CCNc2nc(NCCS(=O)(=O)O)nc(Nc3cccc(S(=O)(=O)O)c3)n2)CC1. The van der Waals surface area contributed by atoms with Crippen LogP contribution in [0.1, 0.15) is 6.42 Å². The van der Waals surface area contributed by atoms with Gasteiger partial charge in [-0.15, -0.1) is 0 Å². The van der Waals surface area contributed by atoms with Crippen LogP contribution in [0.25, 0.3) is 0 Å². The van der Waals surface area contributed by atoms with E-state index in [9.17, 15) is 29.8 Å². The standard InChI is InChI=1S/C21H35N9O8S3/c1-39(31,32)24-6-3-9-29-11-13-30(14-12-29)10-7-22-19-26-20(23-8-15-40(33,34)35)28-21(27-19)25-17-4-2-5-18(16-17)41(36,37)38/h2,4-5,16,24H,3,6-15H2,1H3,(H,33,34,35)(H,36,37,38)(H3,22,23,25,26,27,28). The van der Waals surface area contributed by atoms with Gasteiger partial charge in [-0.2, -0.15) is 31.8 Å². The smallest absolute Gasteiger partial charge is 0.294 e. The van der Waals surface area contributed by atoms with Gasteiger partial charge in [-0.1, -0.05) is 6.07 Å². The van der Waals surface area contributed by atoms with Gasteiger partial charge in [-0.05, 0) is 31.2 Å². The third-order valence-electron chi connectivity index (χ3n) is 5.86. The zero-order valence-corrected chi connectivity index (χ0v) is 24.8. The summed E-state index contributed by atoms with van der Waals surface area (Å²) in [5, 5.41) is 8.65. The molecule has 0 unspecified atom stereocenters. The molecular weight excluding hydrogens is 602 g/mol. The van der Waals surface area contributed by atoms with Crippen LogP contribution in [0.3, 0.4) is 0 Å². The van der Waals surface area contributed by atoms with E-state index in [2.05, 4.69) is 45.4 Å². The highest BCUT2D eigenvalue weighted by atomic mass is 32.2. The topological polar surface area (TPSA) is 236 Å². The maximum atomic E-state index is 11.5. The van der Waals surface area contributed by atoms with E-state index in [1.54, 1.807) is 6.07 Å². The Morgan fingerprint density at radius 3 is 1.98 bits per heavy atom. The van der Waals surface area contributed by atoms with Crippen molar-refractivity contribution in [3.8, 4) is 0 Å². The highest BCUT2D eigenvalue weighted by Crippen LogP contribution is 2.19. The summed E-state index contributed by atoms with van der Waals surface area (Å²) in [6.45, 7) is 5.56. The third kappa shape index (κ3) is 12.8. The van der Waals surface area contributed by atoms with Crippen molar-refractivity contribution in [2.75, 3.05) is 86.9 Å². The number of hydrogen-bond donors (Lipinski definition) is 6. The minimum Gasteiger partial charge on any atom is -0.353 e. The molecular formula is C21H35N9O8S3. The summed E-state index contributed by atoms with van der Waals surface area (Å²) in [7, 11) is -11.8. The van der Waals surface area contributed by atoms with Crippen LogP contribution >= 0.6 is 0 Å². The van der Waals surface area contributed by atoms with Crippen LogP contribution < -0.4 is 20.7 Å². The first-order valence-corrected chi connectivity index (χ1v) is 17.5. The second-order valence-electron chi connectivity index (χ2n) is 9.28. The monoisotopic (exact) mass is 637 g/mol. The van der Waals surface area contributed by atoms with E-state index in [0.29, 0.717) is 19.6 Å². The number of aromatic nitrogens is 3. The Morgan fingerprint density at radius 1 is 0.805 bits per heavy atom. The van der Waals surface area contributed by atoms with Crippen molar-refractivity contribution in [1.82, 2.24) is 29.5 Å². The molecule has 6 N–H and O–H groups in total. The number of sulfonamides is 1. The third-order valence-corrected chi connectivity index (χ3v) is 8.16. The Labute approximate surface area is 239 Å². The Morgan fingerprint density at radius 2 is 1.39 bits per heavy atom. The van der Waals surface area contributed by atoms with Crippen LogP contribution in [0.4, 0.5) is 23.5 Å². The number of hydrogen-bond acceptors (Lipinski definition) is 14. The molecule has 0 atom stereocenters. The van der Waals surface area contributed by atoms with Crippen LogP contribution in [0.5, 0.6) is 0 Å². The maximum Gasteiger partial charge on any atom is 0.294 e.